The molecule has 0 unspecified atom stereocenters. The first-order valence-corrected chi connectivity index (χ1v) is 9.42. The Kier molecular flexibility index (Phi) is 5.39. The number of furan rings is 1. The Morgan fingerprint density at radius 2 is 1.83 bits per heavy atom. The number of benzene rings is 2. The number of ether oxygens (including phenoxy) is 1. The number of nitro benzene ring substituents is 1. The summed E-state index contributed by atoms with van der Waals surface area (Å²) in [6, 6.07) is 16.7. The summed E-state index contributed by atoms with van der Waals surface area (Å²) in [6.07, 6.45) is 1.65. The molecule has 4 rings (SSSR count). The van der Waals surface area contributed by atoms with Crippen molar-refractivity contribution >= 4 is 23.3 Å². The second kappa shape index (κ2) is 8.28. The Morgan fingerprint density at radius 1 is 1.07 bits per heavy atom. The second-order valence-corrected chi connectivity index (χ2v) is 6.83. The van der Waals surface area contributed by atoms with Crippen LogP contribution in [-0.2, 0) is 4.74 Å². The lowest BCUT2D eigenvalue weighted by atomic mass is 10.1. The van der Waals surface area contributed by atoms with E-state index in [1.54, 1.807) is 31.3 Å². The van der Waals surface area contributed by atoms with Gasteiger partial charge in [0.2, 0.25) is 0 Å². The number of rotatable bonds is 5. The molecule has 0 spiro atoms. The Morgan fingerprint density at radius 3 is 2.55 bits per heavy atom. The molecular formula is C22H21N3O4. The number of morpholine rings is 1. The molecule has 29 heavy (non-hydrogen) atoms. The monoisotopic (exact) mass is 391 g/mol. The zero-order valence-corrected chi connectivity index (χ0v) is 16.1. The van der Waals surface area contributed by atoms with Crippen molar-refractivity contribution in [2.75, 3.05) is 31.2 Å². The van der Waals surface area contributed by atoms with Crippen molar-refractivity contribution in [3.8, 4) is 11.3 Å². The summed E-state index contributed by atoms with van der Waals surface area (Å²) in [4.78, 5) is 17.5. The molecule has 7 nitrogen and oxygen atoms in total. The van der Waals surface area contributed by atoms with Crippen molar-refractivity contribution in [3.63, 3.8) is 0 Å². The van der Waals surface area contributed by atoms with E-state index in [0.717, 1.165) is 37.7 Å². The minimum absolute atomic E-state index is 0.0782. The Hall–Kier alpha value is -3.45. The van der Waals surface area contributed by atoms with Crippen molar-refractivity contribution in [1.82, 2.24) is 0 Å². The normalized spacial score (nSPS) is 14.4. The Labute approximate surface area is 168 Å². The van der Waals surface area contributed by atoms with Gasteiger partial charge in [0.15, 0.2) is 0 Å². The van der Waals surface area contributed by atoms with Gasteiger partial charge in [0.1, 0.15) is 11.5 Å². The molecule has 0 aliphatic carbocycles. The molecule has 2 heterocycles. The zero-order valence-electron chi connectivity index (χ0n) is 16.1. The van der Waals surface area contributed by atoms with Crippen LogP contribution in [0.15, 0.2) is 64.0 Å². The Bertz CT molecular complexity index is 1030. The maximum Gasteiger partial charge on any atom is 0.273 e. The van der Waals surface area contributed by atoms with Crippen molar-refractivity contribution in [1.29, 1.82) is 0 Å². The molecule has 1 saturated heterocycles. The molecule has 0 bridgehead atoms. The maximum absolute atomic E-state index is 11.1. The third-order valence-corrected chi connectivity index (χ3v) is 4.88. The highest BCUT2D eigenvalue weighted by molar-refractivity contribution is 5.80. The van der Waals surface area contributed by atoms with E-state index >= 15 is 0 Å². The minimum Gasteiger partial charge on any atom is -0.455 e. The summed E-state index contributed by atoms with van der Waals surface area (Å²) < 4.78 is 11.2. The van der Waals surface area contributed by atoms with E-state index in [4.69, 9.17) is 9.15 Å². The van der Waals surface area contributed by atoms with E-state index in [1.165, 1.54) is 6.07 Å². The van der Waals surface area contributed by atoms with Gasteiger partial charge in [-0.25, -0.2) is 0 Å². The number of hydrogen-bond acceptors (Lipinski definition) is 6. The standard InChI is InChI=1S/C22H21N3O4/c1-16-2-3-17(14-21(16)25(26)27)22-9-8-20(29-22)15-23-18-4-6-19(7-5-18)24-10-12-28-13-11-24/h2-9,14-15H,10-13H2,1H3. The Balaban J connectivity index is 1.47. The van der Waals surface area contributed by atoms with E-state index in [-0.39, 0.29) is 10.6 Å². The van der Waals surface area contributed by atoms with Gasteiger partial charge in [0.05, 0.1) is 30.0 Å². The number of aliphatic imine (C=N–C) groups is 1. The molecule has 1 fully saturated rings. The summed E-state index contributed by atoms with van der Waals surface area (Å²) in [6.45, 7) is 5.02. The molecule has 0 saturated carbocycles. The number of nitro groups is 1. The molecule has 1 aliphatic heterocycles. The minimum atomic E-state index is -0.384. The third-order valence-electron chi connectivity index (χ3n) is 4.88. The van der Waals surface area contributed by atoms with Crippen LogP contribution in [0.1, 0.15) is 11.3 Å². The van der Waals surface area contributed by atoms with Gasteiger partial charge in [-0.2, -0.15) is 0 Å². The van der Waals surface area contributed by atoms with Crippen LogP contribution in [0.4, 0.5) is 17.1 Å². The van der Waals surface area contributed by atoms with Crippen LogP contribution in [0.5, 0.6) is 0 Å². The molecule has 1 aromatic heterocycles. The van der Waals surface area contributed by atoms with E-state index < -0.39 is 0 Å². The summed E-state index contributed by atoms with van der Waals surface area (Å²) >= 11 is 0. The molecule has 2 aromatic carbocycles. The number of nitrogens with zero attached hydrogens (tertiary/aromatic N) is 3. The fourth-order valence-corrected chi connectivity index (χ4v) is 3.25. The summed E-state index contributed by atoms with van der Waals surface area (Å²) in [5, 5.41) is 11.1. The van der Waals surface area contributed by atoms with Gasteiger partial charge in [0.25, 0.3) is 5.69 Å². The molecule has 1 aliphatic rings. The van der Waals surface area contributed by atoms with Crippen LogP contribution in [-0.4, -0.2) is 37.4 Å². The zero-order chi connectivity index (χ0) is 20.2. The van der Waals surface area contributed by atoms with E-state index in [0.29, 0.717) is 22.6 Å². The first-order valence-electron chi connectivity index (χ1n) is 9.42. The smallest absolute Gasteiger partial charge is 0.273 e. The van der Waals surface area contributed by atoms with Gasteiger partial charge in [-0.15, -0.1) is 0 Å². The molecule has 148 valence electrons. The van der Waals surface area contributed by atoms with Crippen molar-refractivity contribution < 1.29 is 14.1 Å². The summed E-state index contributed by atoms with van der Waals surface area (Å²) in [5.74, 6) is 1.15. The van der Waals surface area contributed by atoms with Crippen LogP contribution >= 0.6 is 0 Å². The molecular weight excluding hydrogens is 370 g/mol. The SMILES string of the molecule is Cc1ccc(-c2ccc(C=Nc3ccc(N4CCOCC4)cc3)o2)cc1[N+](=O)[O-]. The molecule has 0 amide bonds. The van der Waals surface area contributed by atoms with E-state index in [1.807, 2.05) is 18.2 Å². The lowest BCUT2D eigenvalue weighted by Crippen LogP contribution is -2.36. The first-order chi connectivity index (χ1) is 14.1. The van der Waals surface area contributed by atoms with Crippen molar-refractivity contribution in [2.45, 2.75) is 6.92 Å². The van der Waals surface area contributed by atoms with Gasteiger partial charge < -0.3 is 14.1 Å². The highest BCUT2D eigenvalue weighted by Gasteiger charge is 2.14. The predicted molar refractivity (Wildman–Crippen MR) is 112 cm³/mol. The average Bonchev–Trinajstić information content (AvgIpc) is 3.22. The number of hydrogen-bond donors (Lipinski definition) is 0. The second-order valence-electron chi connectivity index (χ2n) is 6.83. The van der Waals surface area contributed by atoms with Crippen LogP contribution < -0.4 is 4.90 Å². The average molecular weight is 391 g/mol. The fourth-order valence-electron chi connectivity index (χ4n) is 3.25. The summed E-state index contributed by atoms with van der Waals surface area (Å²) in [7, 11) is 0. The molecule has 0 radical (unpaired) electrons. The number of anilines is 1. The topological polar surface area (TPSA) is 81.1 Å². The molecule has 0 atom stereocenters. The number of aryl methyl sites for hydroxylation is 1. The van der Waals surface area contributed by atoms with Gasteiger partial charge in [-0.1, -0.05) is 12.1 Å². The lowest BCUT2D eigenvalue weighted by Gasteiger charge is -2.28. The van der Waals surface area contributed by atoms with Crippen molar-refractivity contribution in [3.05, 3.63) is 76.0 Å². The quantitative estimate of drug-likeness (QED) is 0.356. The van der Waals surface area contributed by atoms with Gasteiger partial charge in [0, 0.05) is 36.0 Å². The third kappa shape index (κ3) is 4.35. The lowest BCUT2D eigenvalue weighted by molar-refractivity contribution is -0.385. The maximum atomic E-state index is 11.1. The van der Waals surface area contributed by atoms with Gasteiger partial charge in [-0.05, 0) is 43.3 Å². The van der Waals surface area contributed by atoms with Gasteiger partial charge >= 0.3 is 0 Å². The highest BCUT2D eigenvalue weighted by Crippen LogP contribution is 2.28. The van der Waals surface area contributed by atoms with Crippen LogP contribution in [0, 0.1) is 17.0 Å². The van der Waals surface area contributed by atoms with Gasteiger partial charge in [-0.3, -0.25) is 15.1 Å². The largest absolute Gasteiger partial charge is 0.455 e. The van der Waals surface area contributed by atoms with Crippen LogP contribution in [0.2, 0.25) is 0 Å². The van der Waals surface area contributed by atoms with E-state index in [9.17, 15) is 10.1 Å². The first kappa shape index (κ1) is 18.9. The van der Waals surface area contributed by atoms with Crippen LogP contribution in [0.25, 0.3) is 11.3 Å². The van der Waals surface area contributed by atoms with Crippen LogP contribution in [0.3, 0.4) is 0 Å². The highest BCUT2D eigenvalue weighted by atomic mass is 16.6. The molecule has 0 N–H and O–H groups in total. The van der Waals surface area contributed by atoms with E-state index in [2.05, 4.69) is 22.0 Å². The fraction of sp³-hybridized carbons (Fsp3) is 0.227. The predicted octanol–water partition coefficient (Wildman–Crippen LogP) is 4.75. The van der Waals surface area contributed by atoms with Crippen molar-refractivity contribution in [2.24, 2.45) is 4.99 Å². The summed E-state index contributed by atoms with van der Waals surface area (Å²) in [5.41, 5.74) is 3.35. The molecule has 7 heteroatoms. The molecule has 3 aromatic rings.